The van der Waals surface area contributed by atoms with Crippen LogP contribution < -0.4 is 10.6 Å². The molecule has 1 atom stereocenters. The van der Waals surface area contributed by atoms with Crippen molar-refractivity contribution in [2.75, 3.05) is 11.1 Å². The number of nitrogens with one attached hydrogen (secondary N) is 2. The number of rotatable bonds is 3. The van der Waals surface area contributed by atoms with Gasteiger partial charge in [0.05, 0.1) is 11.8 Å². The van der Waals surface area contributed by atoms with E-state index in [1.54, 1.807) is 26.8 Å². The topological polar surface area (TPSA) is 130 Å². The maximum Gasteiger partial charge on any atom is 0.408 e. The highest BCUT2D eigenvalue weighted by molar-refractivity contribution is 7.99. The molecule has 9 nitrogen and oxygen atoms in total. The molecule has 1 aromatic heterocycles. The maximum atomic E-state index is 12.7. The summed E-state index contributed by atoms with van der Waals surface area (Å²) in [4.78, 5) is 25.6. The molecule has 10 heteroatoms. The summed E-state index contributed by atoms with van der Waals surface area (Å²) in [6, 6.07) is 7.00. The Balaban J connectivity index is 1.50. The molecule has 0 unspecified atom stereocenters. The zero-order valence-corrected chi connectivity index (χ0v) is 18.3. The molecule has 31 heavy (non-hydrogen) atoms. The maximum absolute atomic E-state index is 12.7. The lowest BCUT2D eigenvalue weighted by Gasteiger charge is -2.30. The van der Waals surface area contributed by atoms with E-state index in [1.165, 1.54) is 11.8 Å². The Labute approximate surface area is 183 Å². The molecule has 0 spiro atoms. The summed E-state index contributed by atoms with van der Waals surface area (Å²) in [7, 11) is 0. The van der Waals surface area contributed by atoms with Crippen LogP contribution in [0, 0.1) is 11.3 Å². The third-order valence-electron chi connectivity index (χ3n) is 5.15. The van der Waals surface area contributed by atoms with Crippen LogP contribution in [0.3, 0.4) is 0 Å². The van der Waals surface area contributed by atoms with Gasteiger partial charge in [0.25, 0.3) is 0 Å². The summed E-state index contributed by atoms with van der Waals surface area (Å²) in [5.41, 5.74) is -0.0894. The molecule has 1 aliphatic heterocycles. The highest BCUT2D eigenvalue weighted by Gasteiger charge is 2.44. The summed E-state index contributed by atoms with van der Waals surface area (Å²) >= 11 is 1.45. The number of alkyl carbamates (subject to hydrolysis) is 1. The number of hydrogen-bond acceptors (Lipinski definition) is 8. The van der Waals surface area contributed by atoms with E-state index in [9.17, 15) is 14.9 Å². The lowest BCUT2D eigenvalue weighted by atomic mass is 9.70. The van der Waals surface area contributed by atoms with Crippen LogP contribution in [0.25, 0.3) is 11.5 Å². The van der Waals surface area contributed by atoms with Gasteiger partial charge in [-0.15, -0.1) is 22.0 Å². The van der Waals surface area contributed by atoms with Gasteiger partial charge in [-0.25, -0.2) is 4.79 Å². The standard InChI is InChI=1S/C21H23N5O4S/c1-20(2,3)30-19(28)24-14-10-31-15-6-5-12(9-13(15)23-16(14)27)17-25-26-18(29-17)21(11-22)7-4-8-21/h5-6,9,14H,4,7-8,10H2,1-3H3,(H,23,27)(H,24,28)/t14-/m0/s1. The zero-order chi connectivity index (χ0) is 22.2. The van der Waals surface area contributed by atoms with Crippen molar-refractivity contribution < 1.29 is 18.7 Å². The zero-order valence-electron chi connectivity index (χ0n) is 17.5. The van der Waals surface area contributed by atoms with Gasteiger partial charge < -0.3 is 19.8 Å². The first kappa shape index (κ1) is 21.2. The molecule has 1 fully saturated rings. The van der Waals surface area contributed by atoms with E-state index < -0.39 is 23.2 Å². The Morgan fingerprint density at radius 3 is 2.81 bits per heavy atom. The number of anilines is 1. The van der Waals surface area contributed by atoms with Crippen LogP contribution in [-0.4, -0.2) is 39.6 Å². The molecule has 4 rings (SSSR count). The SMILES string of the molecule is CC(C)(C)OC(=O)N[C@H]1CSc2ccc(-c3nnc(C4(C#N)CCC4)o3)cc2NC1=O. The first-order valence-electron chi connectivity index (χ1n) is 10.0. The van der Waals surface area contributed by atoms with Crippen LogP contribution in [0.15, 0.2) is 27.5 Å². The van der Waals surface area contributed by atoms with Gasteiger partial charge in [0.2, 0.25) is 17.7 Å². The van der Waals surface area contributed by atoms with E-state index in [4.69, 9.17) is 9.15 Å². The molecule has 2 N–H and O–H groups in total. The van der Waals surface area contributed by atoms with Crippen LogP contribution in [0.5, 0.6) is 0 Å². The lowest BCUT2D eigenvalue weighted by molar-refractivity contribution is -0.117. The third kappa shape index (κ3) is 4.37. The summed E-state index contributed by atoms with van der Waals surface area (Å²) in [6.45, 7) is 5.29. The number of thioether (sulfide) groups is 1. The molecular weight excluding hydrogens is 418 g/mol. The van der Waals surface area contributed by atoms with Crippen LogP contribution in [0.1, 0.15) is 45.9 Å². The summed E-state index contributed by atoms with van der Waals surface area (Å²) in [5, 5.41) is 23.1. The molecule has 1 aliphatic carbocycles. The monoisotopic (exact) mass is 441 g/mol. The lowest BCUT2D eigenvalue weighted by Crippen LogP contribution is -2.46. The van der Waals surface area contributed by atoms with E-state index in [1.807, 2.05) is 12.1 Å². The molecule has 1 saturated carbocycles. The fraction of sp³-hybridized carbons (Fsp3) is 0.476. The molecule has 162 valence electrons. The number of aromatic nitrogens is 2. The number of ether oxygens (including phenoxy) is 1. The first-order chi connectivity index (χ1) is 14.7. The highest BCUT2D eigenvalue weighted by Crippen LogP contribution is 2.43. The van der Waals surface area contributed by atoms with E-state index in [0.29, 0.717) is 41.6 Å². The van der Waals surface area contributed by atoms with Crippen molar-refractivity contribution in [2.45, 2.75) is 62.0 Å². The van der Waals surface area contributed by atoms with E-state index in [2.05, 4.69) is 26.9 Å². The first-order valence-corrected chi connectivity index (χ1v) is 11.0. The molecular formula is C21H23N5O4S. The number of fused-ring (bicyclic) bond motifs is 1. The number of amides is 2. The summed E-state index contributed by atoms with van der Waals surface area (Å²) in [6.07, 6.45) is 1.76. The number of carbonyl (C=O) groups is 2. The summed E-state index contributed by atoms with van der Waals surface area (Å²) < 4.78 is 11.0. The molecule has 2 amide bonds. The average molecular weight is 442 g/mol. The molecule has 0 saturated heterocycles. The number of benzene rings is 1. The highest BCUT2D eigenvalue weighted by atomic mass is 32.2. The normalized spacial score (nSPS) is 19.8. The van der Waals surface area contributed by atoms with Gasteiger partial charge >= 0.3 is 6.09 Å². The second kappa shape index (κ2) is 7.89. The van der Waals surface area contributed by atoms with E-state index in [0.717, 1.165) is 11.3 Å². The Hall–Kier alpha value is -3.06. The minimum atomic E-state index is -0.736. The Bertz CT molecular complexity index is 1060. The number of carbonyl (C=O) groups excluding carboxylic acids is 2. The molecule has 0 radical (unpaired) electrons. The predicted molar refractivity (Wildman–Crippen MR) is 113 cm³/mol. The van der Waals surface area contributed by atoms with Crippen LogP contribution >= 0.6 is 11.8 Å². The van der Waals surface area contributed by atoms with Gasteiger partial charge in [0.1, 0.15) is 17.1 Å². The average Bonchev–Trinajstić information content (AvgIpc) is 3.08. The molecule has 2 aliphatic rings. The predicted octanol–water partition coefficient (Wildman–Crippen LogP) is 3.62. The number of nitriles is 1. The third-order valence-corrected chi connectivity index (χ3v) is 6.32. The fourth-order valence-electron chi connectivity index (χ4n) is 3.35. The Morgan fingerprint density at radius 2 is 2.16 bits per heavy atom. The smallest absolute Gasteiger partial charge is 0.408 e. The molecule has 0 bridgehead atoms. The van der Waals surface area contributed by atoms with E-state index >= 15 is 0 Å². The Kier molecular flexibility index (Phi) is 5.39. The second-order valence-corrected chi connectivity index (χ2v) is 9.73. The largest absolute Gasteiger partial charge is 0.444 e. The van der Waals surface area contributed by atoms with Crippen molar-refractivity contribution >= 4 is 29.4 Å². The number of nitrogens with zero attached hydrogens (tertiary/aromatic N) is 3. The van der Waals surface area contributed by atoms with E-state index in [-0.39, 0.29) is 5.91 Å². The molecule has 1 aromatic carbocycles. The number of hydrogen-bond donors (Lipinski definition) is 2. The van der Waals surface area contributed by atoms with Crippen LogP contribution in [-0.2, 0) is 14.9 Å². The van der Waals surface area contributed by atoms with Crippen molar-refractivity contribution in [2.24, 2.45) is 0 Å². The van der Waals surface area contributed by atoms with Crippen molar-refractivity contribution in [1.82, 2.24) is 15.5 Å². The molecule has 2 aromatic rings. The van der Waals surface area contributed by atoms with Gasteiger partial charge in [-0.2, -0.15) is 5.26 Å². The summed E-state index contributed by atoms with van der Waals surface area (Å²) in [5.74, 6) is 0.670. The quantitative estimate of drug-likeness (QED) is 0.738. The molecule has 2 heterocycles. The van der Waals surface area contributed by atoms with Gasteiger partial charge in [-0.3, -0.25) is 4.79 Å². The Morgan fingerprint density at radius 1 is 1.39 bits per heavy atom. The fourth-order valence-corrected chi connectivity index (χ4v) is 4.36. The van der Waals surface area contributed by atoms with Crippen LogP contribution in [0.2, 0.25) is 0 Å². The van der Waals surface area contributed by atoms with Crippen molar-refractivity contribution in [3.63, 3.8) is 0 Å². The second-order valence-electron chi connectivity index (χ2n) is 8.67. The van der Waals surface area contributed by atoms with Gasteiger partial charge in [0, 0.05) is 16.2 Å². The van der Waals surface area contributed by atoms with Gasteiger partial charge in [0.15, 0.2) is 0 Å². The van der Waals surface area contributed by atoms with Crippen molar-refractivity contribution in [3.05, 3.63) is 24.1 Å². The minimum Gasteiger partial charge on any atom is -0.444 e. The van der Waals surface area contributed by atoms with Gasteiger partial charge in [-0.1, -0.05) is 0 Å². The van der Waals surface area contributed by atoms with Crippen molar-refractivity contribution in [3.8, 4) is 17.5 Å². The van der Waals surface area contributed by atoms with Crippen LogP contribution in [0.4, 0.5) is 10.5 Å². The minimum absolute atomic E-state index is 0.297. The van der Waals surface area contributed by atoms with Crippen molar-refractivity contribution in [1.29, 1.82) is 5.26 Å². The van der Waals surface area contributed by atoms with Gasteiger partial charge in [-0.05, 0) is 58.2 Å².